The number of hydrogen-bond acceptors (Lipinski definition) is 2. The highest BCUT2D eigenvalue weighted by Crippen LogP contribution is 2.12. The summed E-state index contributed by atoms with van der Waals surface area (Å²) in [7, 11) is 0. The lowest BCUT2D eigenvalue weighted by atomic mass is 10.1. The van der Waals surface area contributed by atoms with E-state index in [-0.39, 0.29) is 0 Å². The van der Waals surface area contributed by atoms with Gasteiger partial charge in [0.2, 0.25) is 0 Å². The van der Waals surface area contributed by atoms with Gasteiger partial charge in [-0.1, -0.05) is 6.08 Å². The van der Waals surface area contributed by atoms with Crippen LogP contribution >= 0.6 is 0 Å². The van der Waals surface area contributed by atoms with E-state index in [2.05, 4.69) is 4.90 Å². The second kappa shape index (κ2) is 4.97. The maximum atomic E-state index is 12.7. The molecule has 1 saturated heterocycles. The monoisotopic (exact) mass is 187 g/mol. The molecule has 0 unspecified atom stereocenters. The summed E-state index contributed by atoms with van der Waals surface area (Å²) in [6, 6.07) is 0. The summed E-state index contributed by atoms with van der Waals surface area (Å²) in [6.07, 6.45) is 3.20. The second-order valence-electron chi connectivity index (χ2n) is 3.22. The van der Waals surface area contributed by atoms with Crippen LogP contribution in [0.2, 0.25) is 0 Å². The fourth-order valence-electron chi connectivity index (χ4n) is 1.39. The molecule has 1 fully saturated rings. The molecule has 13 heavy (non-hydrogen) atoms. The number of carbonyl (C=O) groups is 1. The molecule has 1 heterocycles. The molecule has 1 aliphatic heterocycles. The van der Waals surface area contributed by atoms with Gasteiger partial charge in [-0.2, -0.15) is 0 Å². The Bertz CT molecular complexity index is 198. The van der Waals surface area contributed by atoms with E-state index in [0.717, 1.165) is 19.2 Å². The number of rotatable bonds is 3. The lowest BCUT2D eigenvalue weighted by Crippen LogP contribution is -2.34. The minimum atomic E-state index is -0.930. The third-order valence-corrected chi connectivity index (χ3v) is 2.14. The Morgan fingerprint density at radius 3 is 2.69 bits per heavy atom. The van der Waals surface area contributed by atoms with Gasteiger partial charge in [0.15, 0.2) is 0 Å². The second-order valence-corrected chi connectivity index (χ2v) is 3.22. The first-order chi connectivity index (χ1) is 6.18. The van der Waals surface area contributed by atoms with E-state index in [9.17, 15) is 9.18 Å². The maximum Gasteiger partial charge on any atom is 0.328 e. The average molecular weight is 187 g/mol. The predicted octanol–water partition coefficient (Wildman–Crippen LogP) is 1.06. The largest absolute Gasteiger partial charge is 0.478 e. The molecule has 1 rings (SSSR count). The maximum absolute atomic E-state index is 12.7. The fourth-order valence-corrected chi connectivity index (χ4v) is 1.39. The van der Waals surface area contributed by atoms with Crippen LogP contribution in [0.3, 0.4) is 0 Å². The average Bonchev–Trinajstić information content (AvgIpc) is 2.08. The van der Waals surface area contributed by atoms with Gasteiger partial charge < -0.3 is 5.11 Å². The zero-order valence-electron chi connectivity index (χ0n) is 7.45. The van der Waals surface area contributed by atoms with Crippen molar-refractivity contribution in [2.24, 2.45) is 0 Å². The summed E-state index contributed by atoms with van der Waals surface area (Å²) >= 11 is 0. The van der Waals surface area contributed by atoms with Crippen LogP contribution in [0.25, 0.3) is 0 Å². The molecule has 0 aromatic rings. The van der Waals surface area contributed by atoms with Crippen LogP contribution in [0.5, 0.6) is 0 Å². The van der Waals surface area contributed by atoms with Gasteiger partial charge >= 0.3 is 5.97 Å². The molecule has 1 N–H and O–H groups in total. The number of likely N-dealkylation sites (tertiary alicyclic amines) is 1. The van der Waals surface area contributed by atoms with Crippen molar-refractivity contribution in [2.75, 3.05) is 19.6 Å². The van der Waals surface area contributed by atoms with Crippen molar-refractivity contribution in [2.45, 2.75) is 19.0 Å². The van der Waals surface area contributed by atoms with Gasteiger partial charge in [0, 0.05) is 25.7 Å². The van der Waals surface area contributed by atoms with Gasteiger partial charge in [0.25, 0.3) is 0 Å². The third kappa shape index (κ3) is 4.03. The zero-order chi connectivity index (χ0) is 9.68. The lowest BCUT2D eigenvalue weighted by Gasteiger charge is -2.27. The lowest BCUT2D eigenvalue weighted by molar-refractivity contribution is -0.131. The number of piperidine rings is 1. The minimum Gasteiger partial charge on any atom is -0.478 e. The standard InChI is InChI=1S/C9H14FNO2/c10-8-3-6-11(7-4-8)5-1-2-9(12)13/h1-2,8H,3-7H2,(H,12,13)/b2-1+. The van der Waals surface area contributed by atoms with Crippen LogP contribution in [-0.2, 0) is 4.79 Å². The topological polar surface area (TPSA) is 40.5 Å². The first-order valence-electron chi connectivity index (χ1n) is 4.44. The SMILES string of the molecule is O=C(O)/C=C/CN1CCC(F)CC1. The molecule has 1 aliphatic rings. The van der Waals surface area contributed by atoms with Crippen LogP contribution in [0, 0.1) is 0 Å². The van der Waals surface area contributed by atoms with Crippen molar-refractivity contribution in [1.82, 2.24) is 4.90 Å². The molecule has 0 radical (unpaired) electrons. The van der Waals surface area contributed by atoms with Crippen molar-refractivity contribution in [3.8, 4) is 0 Å². The van der Waals surface area contributed by atoms with Crippen molar-refractivity contribution in [3.05, 3.63) is 12.2 Å². The number of hydrogen-bond donors (Lipinski definition) is 1. The predicted molar refractivity (Wildman–Crippen MR) is 47.3 cm³/mol. The Morgan fingerprint density at radius 2 is 2.15 bits per heavy atom. The third-order valence-electron chi connectivity index (χ3n) is 2.14. The van der Waals surface area contributed by atoms with Gasteiger partial charge in [-0.3, -0.25) is 4.90 Å². The van der Waals surface area contributed by atoms with Gasteiger partial charge in [-0.15, -0.1) is 0 Å². The molecule has 0 aliphatic carbocycles. The van der Waals surface area contributed by atoms with Crippen LogP contribution in [0.1, 0.15) is 12.8 Å². The number of alkyl halides is 1. The Hall–Kier alpha value is -0.900. The fraction of sp³-hybridized carbons (Fsp3) is 0.667. The molecule has 0 atom stereocenters. The molecular formula is C9H14FNO2. The number of carboxylic acid groups (broad SMARTS) is 1. The van der Waals surface area contributed by atoms with E-state index in [0.29, 0.717) is 19.4 Å². The molecule has 0 aromatic heterocycles. The molecule has 0 spiro atoms. The molecule has 3 nitrogen and oxygen atoms in total. The first-order valence-corrected chi connectivity index (χ1v) is 4.44. The summed E-state index contributed by atoms with van der Waals surface area (Å²) < 4.78 is 12.7. The van der Waals surface area contributed by atoms with E-state index in [1.165, 1.54) is 0 Å². The van der Waals surface area contributed by atoms with E-state index < -0.39 is 12.1 Å². The van der Waals surface area contributed by atoms with Crippen molar-refractivity contribution >= 4 is 5.97 Å². The highest BCUT2D eigenvalue weighted by Gasteiger charge is 2.16. The molecule has 74 valence electrons. The molecule has 0 saturated carbocycles. The Balaban J connectivity index is 2.19. The summed E-state index contributed by atoms with van der Waals surface area (Å²) in [6.45, 7) is 2.06. The van der Waals surface area contributed by atoms with Crippen LogP contribution in [0.4, 0.5) is 4.39 Å². The van der Waals surface area contributed by atoms with Gasteiger partial charge in [0.1, 0.15) is 6.17 Å². The number of aliphatic carboxylic acids is 1. The van der Waals surface area contributed by atoms with Crippen LogP contribution < -0.4 is 0 Å². The van der Waals surface area contributed by atoms with E-state index in [4.69, 9.17) is 5.11 Å². The first kappa shape index (κ1) is 10.2. The molecule has 0 bridgehead atoms. The highest BCUT2D eigenvalue weighted by atomic mass is 19.1. The summed E-state index contributed by atoms with van der Waals surface area (Å²) in [5.41, 5.74) is 0. The van der Waals surface area contributed by atoms with E-state index in [1.54, 1.807) is 6.08 Å². The summed E-state index contributed by atoms with van der Waals surface area (Å²) in [5, 5.41) is 8.32. The van der Waals surface area contributed by atoms with Crippen molar-refractivity contribution in [1.29, 1.82) is 0 Å². The van der Waals surface area contributed by atoms with Crippen molar-refractivity contribution in [3.63, 3.8) is 0 Å². The molecular weight excluding hydrogens is 173 g/mol. The van der Waals surface area contributed by atoms with E-state index in [1.807, 2.05) is 0 Å². The summed E-state index contributed by atoms with van der Waals surface area (Å²) in [5.74, 6) is -0.930. The minimum absolute atomic E-state index is 0.570. The smallest absolute Gasteiger partial charge is 0.328 e. The number of carboxylic acids is 1. The van der Waals surface area contributed by atoms with Gasteiger partial charge in [0.05, 0.1) is 0 Å². The van der Waals surface area contributed by atoms with E-state index >= 15 is 0 Å². The van der Waals surface area contributed by atoms with Gasteiger partial charge in [-0.05, 0) is 12.8 Å². The van der Waals surface area contributed by atoms with Crippen LogP contribution in [0.15, 0.2) is 12.2 Å². The quantitative estimate of drug-likeness (QED) is 0.672. The zero-order valence-corrected chi connectivity index (χ0v) is 7.45. The highest BCUT2D eigenvalue weighted by molar-refractivity contribution is 5.79. The van der Waals surface area contributed by atoms with Crippen LogP contribution in [-0.4, -0.2) is 41.8 Å². The molecule has 0 aromatic carbocycles. The Kier molecular flexibility index (Phi) is 3.89. The number of halogens is 1. The number of nitrogens with zero attached hydrogens (tertiary/aromatic N) is 1. The molecule has 4 heteroatoms. The Morgan fingerprint density at radius 1 is 1.54 bits per heavy atom. The molecule has 0 amide bonds. The van der Waals surface area contributed by atoms with Crippen molar-refractivity contribution < 1.29 is 14.3 Å². The Labute approximate surface area is 76.8 Å². The van der Waals surface area contributed by atoms with Gasteiger partial charge in [-0.25, -0.2) is 9.18 Å². The normalized spacial score (nSPS) is 21.0. The summed E-state index contributed by atoms with van der Waals surface area (Å²) in [4.78, 5) is 12.2.